The standard InChI is InChI=1S/C19H31N2/c1-6-7-8-9-10-17-11-13-18(14-12-17)19(15-20(2)3)16-21(4)5/h11-16H,6-10H2,1-5H3/q+1/p+1. The van der Waals surface area contributed by atoms with Crippen LogP contribution in [0.3, 0.4) is 0 Å². The summed E-state index contributed by atoms with van der Waals surface area (Å²) in [5, 5.41) is 0. The van der Waals surface area contributed by atoms with Gasteiger partial charge in [0.25, 0.3) is 0 Å². The number of hydrogen-bond donors (Lipinski definition) is 1. The van der Waals surface area contributed by atoms with Crippen molar-refractivity contribution in [3.05, 3.63) is 41.6 Å². The molecule has 0 heterocycles. The first-order chi connectivity index (χ1) is 10.0. The normalized spacial score (nSPS) is 11.8. The van der Waals surface area contributed by atoms with Crippen LogP contribution in [0.15, 0.2) is 30.5 Å². The van der Waals surface area contributed by atoms with Crippen molar-refractivity contribution in [2.45, 2.75) is 39.0 Å². The van der Waals surface area contributed by atoms with Gasteiger partial charge in [0.05, 0.1) is 19.7 Å². The molecule has 0 unspecified atom stereocenters. The molecule has 0 spiro atoms. The predicted octanol–water partition coefficient (Wildman–Crippen LogP) is 2.64. The van der Waals surface area contributed by atoms with Crippen molar-refractivity contribution in [2.24, 2.45) is 0 Å². The summed E-state index contributed by atoms with van der Waals surface area (Å²) in [5.41, 5.74) is 4.02. The van der Waals surface area contributed by atoms with Gasteiger partial charge in [-0.25, -0.2) is 4.58 Å². The number of benzene rings is 1. The van der Waals surface area contributed by atoms with Gasteiger partial charge >= 0.3 is 0 Å². The van der Waals surface area contributed by atoms with Crippen LogP contribution in [0, 0.1) is 0 Å². The zero-order chi connectivity index (χ0) is 15.7. The smallest absolute Gasteiger partial charge is 0.176 e. The molecule has 0 aromatic heterocycles. The third-order valence-electron chi connectivity index (χ3n) is 3.45. The molecule has 1 N–H and O–H groups in total. The third kappa shape index (κ3) is 7.24. The molecule has 2 heteroatoms. The minimum absolute atomic E-state index is 1.20. The molecule has 0 fully saturated rings. The number of unbranched alkanes of at least 4 members (excludes halogenated alkanes) is 3. The molecule has 1 aromatic rings. The van der Waals surface area contributed by atoms with Crippen LogP contribution in [-0.2, 0) is 6.42 Å². The highest BCUT2D eigenvalue weighted by Gasteiger charge is 2.06. The number of aryl methyl sites for hydroxylation is 1. The molecule has 116 valence electrons. The molecule has 0 saturated carbocycles. The number of quaternary nitrogens is 1. The Morgan fingerprint density at radius 1 is 1.05 bits per heavy atom. The molecular formula is C19H32N2+2. The van der Waals surface area contributed by atoms with E-state index in [1.807, 2.05) is 0 Å². The Bertz CT molecular complexity index is 463. The lowest BCUT2D eigenvalue weighted by Gasteiger charge is -2.06. The minimum Gasteiger partial charge on any atom is -0.313 e. The number of nitrogens with one attached hydrogen (secondary N) is 1. The molecule has 0 amide bonds. The summed E-state index contributed by atoms with van der Waals surface area (Å²) < 4.78 is 2.10. The lowest BCUT2D eigenvalue weighted by atomic mass is 10.0. The van der Waals surface area contributed by atoms with Gasteiger partial charge in [-0.05, 0) is 24.0 Å². The van der Waals surface area contributed by atoms with Crippen molar-refractivity contribution >= 4 is 11.8 Å². The first kappa shape index (κ1) is 17.6. The molecule has 0 atom stereocenters. The molecule has 1 rings (SSSR count). The average Bonchev–Trinajstić information content (AvgIpc) is 2.42. The minimum atomic E-state index is 1.20. The molecular weight excluding hydrogens is 256 g/mol. The van der Waals surface area contributed by atoms with Crippen LogP contribution in [0.2, 0.25) is 0 Å². The number of nitrogens with zero attached hydrogens (tertiary/aromatic N) is 1. The molecule has 0 radical (unpaired) electrons. The zero-order valence-electron chi connectivity index (χ0n) is 14.4. The Morgan fingerprint density at radius 3 is 2.24 bits per heavy atom. The van der Waals surface area contributed by atoms with Crippen molar-refractivity contribution in [2.75, 3.05) is 28.2 Å². The van der Waals surface area contributed by atoms with Crippen molar-refractivity contribution in [3.63, 3.8) is 0 Å². The van der Waals surface area contributed by atoms with Crippen molar-refractivity contribution in [1.82, 2.24) is 0 Å². The van der Waals surface area contributed by atoms with Gasteiger partial charge in [0.2, 0.25) is 0 Å². The van der Waals surface area contributed by atoms with Crippen molar-refractivity contribution in [3.8, 4) is 0 Å². The van der Waals surface area contributed by atoms with Crippen LogP contribution < -0.4 is 4.90 Å². The topological polar surface area (TPSA) is 7.45 Å². The van der Waals surface area contributed by atoms with Gasteiger partial charge in [0, 0.05) is 0 Å². The molecule has 21 heavy (non-hydrogen) atoms. The van der Waals surface area contributed by atoms with E-state index in [-0.39, 0.29) is 0 Å². The van der Waals surface area contributed by atoms with Crippen LogP contribution >= 0.6 is 0 Å². The number of rotatable bonds is 8. The first-order valence-corrected chi connectivity index (χ1v) is 8.15. The van der Waals surface area contributed by atoms with Crippen LogP contribution in [0.1, 0.15) is 43.7 Å². The molecule has 0 aliphatic heterocycles. The second-order valence-electron chi connectivity index (χ2n) is 6.28. The first-order valence-electron chi connectivity index (χ1n) is 8.15. The van der Waals surface area contributed by atoms with Crippen LogP contribution in [0.25, 0.3) is 5.57 Å². The van der Waals surface area contributed by atoms with Gasteiger partial charge < -0.3 is 4.90 Å². The van der Waals surface area contributed by atoms with Gasteiger partial charge in [-0.1, -0.05) is 50.5 Å². The van der Waals surface area contributed by atoms with Crippen LogP contribution in [-0.4, -0.2) is 39.0 Å². The molecule has 2 nitrogen and oxygen atoms in total. The molecule has 0 saturated heterocycles. The highest BCUT2D eigenvalue weighted by atomic mass is 15.0. The van der Waals surface area contributed by atoms with Crippen molar-refractivity contribution in [1.29, 1.82) is 0 Å². The average molecular weight is 288 g/mol. The third-order valence-corrected chi connectivity index (χ3v) is 3.45. The SMILES string of the molecule is CCCCCCc1ccc(/C(C=[N+](C)C)=C\[NH+](C)C)cc1. The summed E-state index contributed by atoms with van der Waals surface area (Å²) in [5.74, 6) is 0. The lowest BCUT2D eigenvalue weighted by molar-refractivity contribution is -0.800. The van der Waals surface area contributed by atoms with Gasteiger partial charge in [0.1, 0.15) is 20.3 Å². The van der Waals surface area contributed by atoms with E-state index < -0.39 is 0 Å². The highest BCUT2D eigenvalue weighted by molar-refractivity contribution is 6.06. The Labute approximate surface area is 130 Å². The van der Waals surface area contributed by atoms with E-state index in [0.717, 1.165) is 0 Å². The quantitative estimate of drug-likeness (QED) is 0.427. The molecule has 1 aromatic carbocycles. The second kappa shape index (κ2) is 9.51. The van der Waals surface area contributed by atoms with E-state index in [1.54, 1.807) is 0 Å². The van der Waals surface area contributed by atoms with Gasteiger partial charge in [-0.2, -0.15) is 0 Å². The molecule has 0 aliphatic carbocycles. The Hall–Kier alpha value is -1.41. The fraction of sp³-hybridized carbons (Fsp3) is 0.526. The van der Waals surface area contributed by atoms with E-state index in [0.29, 0.717) is 0 Å². The summed E-state index contributed by atoms with van der Waals surface area (Å²) in [4.78, 5) is 1.33. The van der Waals surface area contributed by atoms with Crippen molar-refractivity contribution < 1.29 is 9.48 Å². The fourth-order valence-corrected chi connectivity index (χ4v) is 2.40. The predicted molar refractivity (Wildman–Crippen MR) is 93.2 cm³/mol. The summed E-state index contributed by atoms with van der Waals surface area (Å²) in [6.07, 6.45) is 11.0. The second-order valence-corrected chi connectivity index (χ2v) is 6.28. The highest BCUT2D eigenvalue weighted by Crippen LogP contribution is 2.14. The zero-order valence-corrected chi connectivity index (χ0v) is 14.4. The van der Waals surface area contributed by atoms with Gasteiger partial charge in [0.15, 0.2) is 6.21 Å². The van der Waals surface area contributed by atoms with Gasteiger partial charge in [-0.15, -0.1) is 0 Å². The largest absolute Gasteiger partial charge is 0.313 e. The van der Waals surface area contributed by atoms with E-state index in [1.165, 1.54) is 53.7 Å². The molecule has 0 bridgehead atoms. The Morgan fingerprint density at radius 2 is 1.71 bits per heavy atom. The number of hydrogen-bond acceptors (Lipinski definition) is 0. The number of allylic oxidation sites excluding steroid dienone is 1. The van der Waals surface area contributed by atoms with Gasteiger partial charge in [-0.3, -0.25) is 0 Å². The fourth-order valence-electron chi connectivity index (χ4n) is 2.40. The summed E-state index contributed by atoms with van der Waals surface area (Å²) in [6.45, 7) is 2.26. The maximum Gasteiger partial charge on any atom is 0.176 e. The Kier molecular flexibility index (Phi) is 7.99. The lowest BCUT2D eigenvalue weighted by Crippen LogP contribution is -3.00. The van der Waals surface area contributed by atoms with E-state index in [9.17, 15) is 0 Å². The van der Waals surface area contributed by atoms with Crippen LogP contribution in [0.5, 0.6) is 0 Å². The summed E-state index contributed by atoms with van der Waals surface area (Å²) >= 11 is 0. The van der Waals surface area contributed by atoms with E-state index in [2.05, 4.69) is 76.4 Å². The molecule has 0 aliphatic rings. The maximum absolute atomic E-state index is 2.28. The van der Waals surface area contributed by atoms with E-state index in [4.69, 9.17) is 0 Å². The summed E-state index contributed by atoms with van der Waals surface area (Å²) in [6, 6.07) is 9.07. The van der Waals surface area contributed by atoms with E-state index >= 15 is 0 Å². The maximum atomic E-state index is 2.28. The summed E-state index contributed by atoms with van der Waals surface area (Å²) in [7, 11) is 8.43. The Balaban J connectivity index is 2.76. The van der Waals surface area contributed by atoms with Crippen LogP contribution in [0.4, 0.5) is 0 Å². The monoisotopic (exact) mass is 288 g/mol.